The lowest BCUT2D eigenvalue weighted by molar-refractivity contribution is -0.119. The van der Waals surface area contributed by atoms with Crippen molar-refractivity contribution in [3.8, 4) is 0 Å². The summed E-state index contributed by atoms with van der Waals surface area (Å²) in [4.78, 5) is 12.3. The Morgan fingerprint density at radius 1 is 1.16 bits per heavy atom. The van der Waals surface area contributed by atoms with Gasteiger partial charge in [0.05, 0.1) is 11.9 Å². The van der Waals surface area contributed by atoms with E-state index in [1.54, 1.807) is 11.8 Å². The fourth-order valence-corrected chi connectivity index (χ4v) is 4.45. The maximum absolute atomic E-state index is 12.3. The fraction of sp³-hybridized carbons (Fsp3) is 0.611. The van der Waals surface area contributed by atoms with Crippen molar-refractivity contribution in [3.63, 3.8) is 0 Å². The van der Waals surface area contributed by atoms with Gasteiger partial charge in [0.25, 0.3) is 0 Å². The molecule has 1 rings (SSSR count). The molecule has 25 heavy (non-hydrogen) atoms. The lowest BCUT2D eigenvalue weighted by atomic mass is 10.1. The van der Waals surface area contributed by atoms with Crippen molar-refractivity contribution in [2.24, 2.45) is 0 Å². The Morgan fingerprint density at radius 3 is 2.12 bits per heavy atom. The molecule has 0 aliphatic heterocycles. The first kappa shape index (κ1) is 21.8. The number of anilines is 1. The second kappa shape index (κ2) is 8.45. The molecule has 0 fully saturated rings. The van der Waals surface area contributed by atoms with E-state index < -0.39 is 10.0 Å². The zero-order valence-corrected chi connectivity index (χ0v) is 17.9. The van der Waals surface area contributed by atoms with Gasteiger partial charge in [-0.05, 0) is 31.9 Å². The third kappa shape index (κ3) is 7.28. The van der Waals surface area contributed by atoms with Gasteiger partial charge in [-0.1, -0.05) is 38.5 Å². The Balaban J connectivity index is 2.88. The highest BCUT2D eigenvalue weighted by atomic mass is 32.2. The minimum atomic E-state index is -3.56. The van der Waals surface area contributed by atoms with Crippen LogP contribution in [-0.4, -0.2) is 44.2 Å². The van der Waals surface area contributed by atoms with Gasteiger partial charge in [0.2, 0.25) is 15.9 Å². The summed E-state index contributed by atoms with van der Waals surface area (Å²) in [6.07, 6.45) is 1.13. The minimum Gasteiger partial charge on any atom is -0.354 e. The highest BCUT2D eigenvalue weighted by Crippen LogP contribution is 2.28. The molecule has 142 valence electrons. The van der Waals surface area contributed by atoms with Gasteiger partial charge in [0.15, 0.2) is 0 Å². The molecule has 0 unspecified atom stereocenters. The van der Waals surface area contributed by atoms with Crippen molar-refractivity contribution < 1.29 is 13.2 Å². The number of carbonyl (C=O) groups excluding carboxylic acids is 1. The number of hydrogen-bond acceptors (Lipinski definition) is 4. The Morgan fingerprint density at radius 2 is 1.68 bits per heavy atom. The number of carbonyl (C=O) groups is 1. The van der Waals surface area contributed by atoms with Gasteiger partial charge in [0, 0.05) is 17.0 Å². The summed E-state index contributed by atoms with van der Waals surface area (Å²) >= 11 is 1.76. The average Bonchev–Trinajstić information content (AvgIpc) is 2.39. The van der Waals surface area contributed by atoms with Gasteiger partial charge >= 0.3 is 0 Å². The molecular formula is C18H30N2O3S2. The van der Waals surface area contributed by atoms with Crippen molar-refractivity contribution in [2.75, 3.05) is 29.4 Å². The molecule has 0 saturated carbocycles. The molecule has 0 heterocycles. The SMILES string of the molecule is Cc1cc(C)c(N(CC(=O)NCCSC(C)(C)C)S(C)(=O)=O)c(C)c1. The zero-order valence-electron chi connectivity index (χ0n) is 16.3. The number of aryl methyl sites for hydroxylation is 3. The number of rotatable bonds is 7. The highest BCUT2D eigenvalue weighted by Gasteiger charge is 2.24. The molecule has 0 radical (unpaired) electrons. The van der Waals surface area contributed by atoms with Crippen LogP contribution in [0.15, 0.2) is 12.1 Å². The van der Waals surface area contributed by atoms with Crippen molar-refractivity contribution in [2.45, 2.75) is 46.3 Å². The average molecular weight is 387 g/mol. The van der Waals surface area contributed by atoms with Crippen LogP contribution in [0.1, 0.15) is 37.5 Å². The number of nitrogens with one attached hydrogen (secondary N) is 1. The van der Waals surface area contributed by atoms with Crippen LogP contribution in [0, 0.1) is 20.8 Å². The van der Waals surface area contributed by atoms with Gasteiger partial charge in [-0.3, -0.25) is 9.10 Å². The zero-order chi connectivity index (χ0) is 19.4. The van der Waals surface area contributed by atoms with Gasteiger partial charge in [-0.2, -0.15) is 11.8 Å². The Bertz CT molecular complexity index is 699. The number of hydrogen-bond donors (Lipinski definition) is 1. The third-order valence-electron chi connectivity index (χ3n) is 3.53. The molecular weight excluding hydrogens is 356 g/mol. The second-order valence-corrected chi connectivity index (χ2v) is 11.2. The van der Waals surface area contributed by atoms with Crippen LogP contribution < -0.4 is 9.62 Å². The number of thioether (sulfide) groups is 1. The molecule has 0 aliphatic rings. The predicted octanol–water partition coefficient (Wildman–Crippen LogP) is 3.03. The summed E-state index contributed by atoms with van der Waals surface area (Å²) in [5, 5.41) is 2.81. The number of benzene rings is 1. The molecule has 5 nitrogen and oxygen atoms in total. The predicted molar refractivity (Wildman–Crippen MR) is 108 cm³/mol. The van der Waals surface area contributed by atoms with Crippen LogP contribution in [0.4, 0.5) is 5.69 Å². The van der Waals surface area contributed by atoms with Gasteiger partial charge in [0.1, 0.15) is 6.54 Å². The van der Waals surface area contributed by atoms with Crippen LogP contribution in [0.3, 0.4) is 0 Å². The highest BCUT2D eigenvalue weighted by molar-refractivity contribution is 8.00. The van der Waals surface area contributed by atoms with E-state index in [2.05, 4.69) is 26.1 Å². The van der Waals surface area contributed by atoms with E-state index in [0.717, 1.165) is 28.7 Å². The first-order chi connectivity index (χ1) is 11.3. The smallest absolute Gasteiger partial charge is 0.240 e. The summed E-state index contributed by atoms with van der Waals surface area (Å²) in [7, 11) is -3.56. The molecule has 1 aromatic carbocycles. The van der Waals surface area contributed by atoms with E-state index in [4.69, 9.17) is 0 Å². The van der Waals surface area contributed by atoms with Crippen molar-refractivity contribution >= 4 is 33.4 Å². The maximum Gasteiger partial charge on any atom is 0.240 e. The standard InChI is InChI=1S/C18H30N2O3S2/c1-13-10-14(2)17(15(3)11-13)20(25(7,22)23)12-16(21)19-8-9-24-18(4,5)6/h10-11H,8-9,12H2,1-7H3,(H,19,21). The summed E-state index contributed by atoms with van der Waals surface area (Å²) < 4.78 is 25.9. The molecule has 1 amide bonds. The van der Waals surface area contributed by atoms with Crippen LogP contribution in [-0.2, 0) is 14.8 Å². The molecule has 1 aromatic rings. The van der Waals surface area contributed by atoms with E-state index in [1.165, 1.54) is 4.31 Å². The third-order valence-corrected chi connectivity index (χ3v) is 5.92. The molecule has 0 aliphatic carbocycles. The molecule has 1 N–H and O–H groups in total. The molecule has 0 bridgehead atoms. The Hall–Kier alpha value is -1.21. The Kier molecular flexibility index (Phi) is 7.38. The summed E-state index contributed by atoms with van der Waals surface area (Å²) in [5.74, 6) is 0.496. The monoisotopic (exact) mass is 386 g/mol. The summed E-state index contributed by atoms with van der Waals surface area (Å²) in [6.45, 7) is 12.4. The quantitative estimate of drug-likeness (QED) is 0.732. The largest absolute Gasteiger partial charge is 0.354 e. The van der Waals surface area contributed by atoms with Crippen molar-refractivity contribution in [1.29, 1.82) is 0 Å². The number of sulfonamides is 1. The van der Waals surface area contributed by atoms with Crippen LogP contribution in [0.5, 0.6) is 0 Å². The second-order valence-electron chi connectivity index (χ2n) is 7.33. The normalized spacial score (nSPS) is 12.1. The first-order valence-electron chi connectivity index (χ1n) is 8.27. The van der Waals surface area contributed by atoms with Crippen LogP contribution in [0.2, 0.25) is 0 Å². The molecule has 0 saturated heterocycles. The minimum absolute atomic E-state index is 0.139. The van der Waals surface area contributed by atoms with E-state index in [1.807, 2.05) is 32.9 Å². The van der Waals surface area contributed by atoms with E-state index in [9.17, 15) is 13.2 Å². The van der Waals surface area contributed by atoms with Gasteiger partial charge < -0.3 is 5.32 Å². The van der Waals surface area contributed by atoms with E-state index >= 15 is 0 Å². The van der Waals surface area contributed by atoms with E-state index in [0.29, 0.717) is 12.2 Å². The van der Waals surface area contributed by atoms with E-state index in [-0.39, 0.29) is 17.2 Å². The molecule has 7 heteroatoms. The van der Waals surface area contributed by atoms with Crippen LogP contribution >= 0.6 is 11.8 Å². The Labute approximate surface area is 156 Å². The number of amides is 1. The fourth-order valence-electron chi connectivity index (χ4n) is 2.66. The lowest BCUT2D eigenvalue weighted by Crippen LogP contribution is -2.41. The molecule has 0 atom stereocenters. The lowest BCUT2D eigenvalue weighted by Gasteiger charge is -2.26. The van der Waals surface area contributed by atoms with Crippen LogP contribution in [0.25, 0.3) is 0 Å². The summed E-state index contributed by atoms with van der Waals surface area (Å²) in [5.41, 5.74) is 3.35. The summed E-state index contributed by atoms with van der Waals surface area (Å²) in [6, 6.07) is 3.86. The number of nitrogens with zero attached hydrogens (tertiary/aromatic N) is 1. The van der Waals surface area contributed by atoms with Gasteiger partial charge in [-0.25, -0.2) is 8.42 Å². The topological polar surface area (TPSA) is 66.5 Å². The maximum atomic E-state index is 12.3. The molecule has 0 spiro atoms. The van der Waals surface area contributed by atoms with Gasteiger partial charge in [-0.15, -0.1) is 0 Å². The van der Waals surface area contributed by atoms with Crippen molar-refractivity contribution in [3.05, 3.63) is 28.8 Å². The molecule has 0 aromatic heterocycles. The first-order valence-corrected chi connectivity index (χ1v) is 11.1. The van der Waals surface area contributed by atoms with Crippen molar-refractivity contribution in [1.82, 2.24) is 5.32 Å².